The third-order valence-electron chi connectivity index (χ3n) is 3.30. The van der Waals surface area contributed by atoms with Gasteiger partial charge in [-0.3, -0.25) is 4.79 Å². The van der Waals surface area contributed by atoms with Crippen LogP contribution in [0, 0.1) is 6.92 Å². The Hall–Kier alpha value is -2.74. The third kappa shape index (κ3) is 5.66. The summed E-state index contributed by atoms with van der Waals surface area (Å²) < 4.78 is 34.1. The number of benzene rings is 1. The molecule has 138 valence electrons. The second-order valence-corrected chi connectivity index (χ2v) is 6.19. The number of thiophene rings is 1. The van der Waals surface area contributed by atoms with Crippen molar-refractivity contribution in [3.63, 3.8) is 0 Å². The van der Waals surface area contributed by atoms with E-state index in [1.807, 2.05) is 18.4 Å². The molecule has 0 aliphatic heterocycles. The topological polar surface area (TPSA) is 64.6 Å². The summed E-state index contributed by atoms with van der Waals surface area (Å²) in [4.78, 5) is 24.9. The number of nitrogens with one attached hydrogen (secondary N) is 1. The van der Waals surface area contributed by atoms with Crippen LogP contribution in [0.3, 0.4) is 0 Å². The number of ether oxygens (including phenoxy) is 2. The van der Waals surface area contributed by atoms with Gasteiger partial charge >= 0.3 is 12.6 Å². The molecule has 0 bridgehead atoms. The van der Waals surface area contributed by atoms with Gasteiger partial charge in [-0.2, -0.15) is 8.78 Å². The first kappa shape index (κ1) is 19.6. The SMILES string of the molecule is Cc1ccsc1/C=C/C(=O)O[C@H](C)C(=O)Nc1ccccc1OC(F)F. The predicted molar refractivity (Wildman–Crippen MR) is 95.3 cm³/mol. The predicted octanol–water partition coefficient (Wildman–Crippen LogP) is 4.24. The lowest BCUT2D eigenvalue weighted by atomic mass is 10.2. The van der Waals surface area contributed by atoms with Crippen LogP contribution in [0.2, 0.25) is 0 Å². The number of para-hydroxylation sites is 2. The maximum atomic E-state index is 12.4. The van der Waals surface area contributed by atoms with Crippen LogP contribution in [-0.2, 0) is 14.3 Å². The standard InChI is InChI=1S/C18H17F2NO4S/c1-11-9-10-26-15(11)7-8-16(22)24-12(2)17(23)21-13-5-3-4-6-14(13)25-18(19)20/h3-10,12,18H,1-2H3,(H,21,23)/b8-7+/t12-/m1/s1. The van der Waals surface area contributed by atoms with Crippen LogP contribution in [0.1, 0.15) is 17.4 Å². The molecule has 1 heterocycles. The molecule has 1 atom stereocenters. The van der Waals surface area contributed by atoms with Gasteiger partial charge in [0.2, 0.25) is 0 Å². The second-order valence-electron chi connectivity index (χ2n) is 5.24. The van der Waals surface area contributed by atoms with Gasteiger partial charge in [0.15, 0.2) is 6.10 Å². The minimum Gasteiger partial charge on any atom is -0.449 e. The molecule has 2 aromatic rings. The molecule has 0 radical (unpaired) electrons. The van der Waals surface area contributed by atoms with Gasteiger partial charge in [0, 0.05) is 11.0 Å². The summed E-state index contributed by atoms with van der Waals surface area (Å²) in [6.07, 6.45) is 1.73. The van der Waals surface area contributed by atoms with Crippen LogP contribution >= 0.6 is 11.3 Å². The van der Waals surface area contributed by atoms with Gasteiger partial charge in [-0.05, 0) is 49.1 Å². The average Bonchev–Trinajstić information content (AvgIpc) is 2.99. The van der Waals surface area contributed by atoms with Crippen LogP contribution in [-0.4, -0.2) is 24.6 Å². The van der Waals surface area contributed by atoms with Gasteiger partial charge in [0.05, 0.1) is 5.69 Å². The van der Waals surface area contributed by atoms with E-state index in [4.69, 9.17) is 4.74 Å². The van der Waals surface area contributed by atoms with Crippen LogP contribution in [0.25, 0.3) is 6.08 Å². The van der Waals surface area contributed by atoms with Crippen molar-refractivity contribution in [2.45, 2.75) is 26.6 Å². The molecule has 26 heavy (non-hydrogen) atoms. The summed E-state index contributed by atoms with van der Waals surface area (Å²) in [6.45, 7) is 0.277. The molecule has 8 heteroatoms. The number of anilines is 1. The molecule has 0 unspecified atom stereocenters. The Kier molecular flexibility index (Phi) is 6.85. The fraction of sp³-hybridized carbons (Fsp3) is 0.222. The molecule has 5 nitrogen and oxygen atoms in total. The molecule has 0 spiro atoms. The Morgan fingerprint density at radius 1 is 1.23 bits per heavy atom. The maximum absolute atomic E-state index is 12.4. The number of halogens is 2. The van der Waals surface area contributed by atoms with Gasteiger partial charge < -0.3 is 14.8 Å². The first-order valence-electron chi connectivity index (χ1n) is 7.64. The molecule has 0 fully saturated rings. The Morgan fingerprint density at radius 2 is 1.96 bits per heavy atom. The highest BCUT2D eigenvalue weighted by Crippen LogP contribution is 2.25. The summed E-state index contributed by atoms with van der Waals surface area (Å²) in [5, 5.41) is 4.30. The maximum Gasteiger partial charge on any atom is 0.387 e. The normalized spacial score (nSPS) is 12.2. The molecular weight excluding hydrogens is 364 g/mol. The minimum atomic E-state index is -3.02. The zero-order valence-electron chi connectivity index (χ0n) is 14.1. The highest BCUT2D eigenvalue weighted by atomic mass is 32.1. The van der Waals surface area contributed by atoms with E-state index in [-0.39, 0.29) is 11.4 Å². The summed E-state index contributed by atoms with van der Waals surface area (Å²) in [7, 11) is 0. The van der Waals surface area contributed by atoms with Gasteiger partial charge in [-0.25, -0.2) is 4.79 Å². The third-order valence-corrected chi connectivity index (χ3v) is 4.28. The van der Waals surface area contributed by atoms with Crippen LogP contribution < -0.4 is 10.1 Å². The monoisotopic (exact) mass is 381 g/mol. The lowest BCUT2D eigenvalue weighted by Gasteiger charge is -2.15. The minimum absolute atomic E-state index is 0.0606. The van der Waals surface area contributed by atoms with Crippen molar-refractivity contribution in [3.8, 4) is 5.75 Å². The fourth-order valence-electron chi connectivity index (χ4n) is 1.97. The van der Waals surface area contributed by atoms with E-state index in [0.717, 1.165) is 10.4 Å². The average molecular weight is 381 g/mol. The van der Waals surface area contributed by atoms with E-state index >= 15 is 0 Å². The largest absolute Gasteiger partial charge is 0.449 e. The lowest BCUT2D eigenvalue weighted by Crippen LogP contribution is -2.29. The van der Waals surface area contributed by atoms with E-state index in [2.05, 4.69) is 10.1 Å². The summed E-state index contributed by atoms with van der Waals surface area (Å²) in [5.74, 6) is -1.52. The number of hydrogen-bond donors (Lipinski definition) is 1. The van der Waals surface area contributed by atoms with E-state index in [9.17, 15) is 18.4 Å². The summed E-state index contributed by atoms with van der Waals surface area (Å²) in [6, 6.07) is 7.67. The number of rotatable bonds is 7. The first-order valence-corrected chi connectivity index (χ1v) is 8.52. The zero-order valence-corrected chi connectivity index (χ0v) is 14.9. The molecule has 0 aliphatic carbocycles. The smallest absolute Gasteiger partial charge is 0.387 e. The summed E-state index contributed by atoms with van der Waals surface area (Å²) >= 11 is 1.48. The molecule has 0 saturated heterocycles. The Balaban J connectivity index is 1.94. The number of amides is 1. The van der Waals surface area contributed by atoms with Crippen molar-refractivity contribution in [1.29, 1.82) is 0 Å². The molecule has 0 saturated carbocycles. The molecule has 2 rings (SSSR count). The quantitative estimate of drug-likeness (QED) is 0.575. The highest BCUT2D eigenvalue weighted by molar-refractivity contribution is 7.11. The molecule has 0 aliphatic rings. The van der Waals surface area contributed by atoms with Gasteiger partial charge in [-0.15, -0.1) is 11.3 Å². The van der Waals surface area contributed by atoms with Crippen LogP contribution in [0.5, 0.6) is 5.75 Å². The Bertz CT molecular complexity index is 804. The second kappa shape index (κ2) is 9.10. The van der Waals surface area contributed by atoms with Crippen molar-refractivity contribution >= 4 is 35.0 Å². The van der Waals surface area contributed by atoms with Crippen molar-refractivity contribution in [1.82, 2.24) is 0 Å². The molecular formula is C18H17F2NO4S. The van der Waals surface area contributed by atoms with Crippen molar-refractivity contribution in [2.75, 3.05) is 5.32 Å². The number of carbonyl (C=O) groups is 2. The van der Waals surface area contributed by atoms with Crippen molar-refractivity contribution < 1.29 is 27.8 Å². The van der Waals surface area contributed by atoms with Crippen molar-refractivity contribution in [3.05, 3.63) is 52.2 Å². The number of alkyl halides is 2. The Labute approximate surface area is 153 Å². The molecule has 1 aromatic heterocycles. The Morgan fingerprint density at radius 3 is 2.62 bits per heavy atom. The molecule has 1 amide bonds. The highest BCUT2D eigenvalue weighted by Gasteiger charge is 2.19. The number of esters is 1. The van der Waals surface area contributed by atoms with Crippen LogP contribution in [0.15, 0.2) is 41.8 Å². The number of hydrogen-bond acceptors (Lipinski definition) is 5. The van der Waals surface area contributed by atoms with E-state index in [1.165, 1.54) is 42.5 Å². The lowest BCUT2D eigenvalue weighted by molar-refractivity contribution is -0.148. The van der Waals surface area contributed by atoms with Crippen molar-refractivity contribution in [2.24, 2.45) is 0 Å². The number of aryl methyl sites for hydroxylation is 1. The number of carbonyl (C=O) groups excluding carboxylic acids is 2. The van der Waals surface area contributed by atoms with E-state index < -0.39 is 24.6 Å². The van der Waals surface area contributed by atoms with Gasteiger partial charge in [0.1, 0.15) is 5.75 Å². The first-order chi connectivity index (χ1) is 12.4. The molecule has 1 N–H and O–H groups in total. The summed E-state index contributed by atoms with van der Waals surface area (Å²) in [5.41, 5.74) is 1.09. The zero-order chi connectivity index (χ0) is 19.1. The van der Waals surface area contributed by atoms with Gasteiger partial charge in [-0.1, -0.05) is 12.1 Å². The van der Waals surface area contributed by atoms with Gasteiger partial charge in [0.25, 0.3) is 5.91 Å². The van der Waals surface area contributed by atoms with Crippen LogP contribution in [0.4, 0.5) is 14.5 Å². The molecule has 1 aromatic carbocycles. The van der Waals surface area contributed by atoms with E-state index in [1.54, 1.807) is 12.1 Å². The van der Waals surface area contributed by atoms with E-state index in [0.29, 0.717) is 0 Å². The fourth-order valence-corrected chi connectivity index (χ4v) is 2.79.